The number of nitrogens with one attached hydrogen (secondary N) is 1. The lowest BCUT2D eigenvalue weighted by Crippen LogP contribution is -2.56. The third-order valence-corrected chi connectivity index (χ3v) is 3.70. The highest BCUT2D eigenvalue weighted by atomic mass is 16.4. The highest BCUT2D eigenvalue weighted by Gasteiger charge is 2.28. The van der Waals surface area contributed by atoms with E-state index in [1.165, 1.54) is 0 Å². The van der Waals surface area contributed by atoms with Crippen molar-refractivity contribution in [1.29, 1.82) is 0 Å². The van der Waals surface area contributed by atoms with Gasteiger partial charge in [-0.05, 0) is 33.7 Å². The predicted molar refractivity (Wildman–Crippen MR) is 77.5 cm³/mol. The molecule has 0 amide bonds. The van der Waals surface area contributed by atoms with Crippen molar-refractivity contribution in [1.82, 2.24) is 15.1 Å². The average molecular weight is 271 g/mol. The zero-order valence-electron chi connectivity index (χ0n) is 12.8. The van der Waals surface area contributed by atoms with Gasteiger partial charge in [-0.1, -0.05) is 6.92 Å². The summed E-state index contributed by atoms with van der Waals surface area (Å²) in [5.41, 5.74) is 0.207. The quantitative estimate of drug-likeness (QED) is 0.750. The topological polar surface area (TPSA) is 55.8 Å². The van der Waals surface area contributed by atoms with E-state index in [-0.39, 0.29) is 5.54 Å². The number of aliphatic carboxylic acids is 1. The number of nitrogens with zero attached hydrogens (tertiary/aromatic N) is 2. The number of carboxylic acid groups (broad SMARTS) is 1. The van der Waals surface area contributed by atoms with Crippen molar-refractivity contribution in [2.75, 3.05) is 39.3 Å². The Hall–Kier alpha value is -0.650. The van der Waals surface area contributed by atoms with Crippen molar-refractivity contribution < 1.29 is 9.90 Å². The zero-order valence-corrected chi connectivity index (χ0v) is 12.8. The molecular weight excluding hydrogens is 242 g/mol. The van der Waals surface area contributed by atoms with Crippen molar-refractivity contribution in [3.63, 3.8) is 0 Å². The van der Waals surface area contributed by atoms with Crippen LogP contribution < -0.4 is 5.32 Å². The molecule has 1 aliphatic heterocycles. The number of hydrogen-bond donors (Lipinski definition) is 2. The summed E-state index contributed by atoms with van der Waals surface area (Å²) in [6.45, 7) is 14.0. The van der Waals surface area contributed by atoms with Gasteiger partial charge in [-0.3, -0.25) is 14.6 Å². The first-order chi connectivity index (χ1) is 8.84. The fourth-order valence-corrected chi connectivity index (χ4v) is 2.41. The van der Waals surface area contributed by atoms with Crippen LogP contribution in [-0.4, -0.2) is 71.7 Å². The molecule has 0 radical (unpaired) electrons. The molecule has 1 aliphatic rings. The molecule has 0 aromatic heterocycles. The van der Waals surface area contributed by atoms with Gasteiger partial charge in [-0.25, -0.2) is 0 Å². The van der Waals surface area contributed by atoms with Crippen LogP contribution in [0.1, 0.15) is 34.1 Å². The minimum Gasteiger partial charge on any atom is -0.480 e. The minimum atomic E-state index is -0.744. The van der Waals surface area contributed by atoms with Gasteiger partial charge in [0.2, 0.25) is 0 Å². The average Bonchev–Trinajstić information content (AvgIpc) is 2.33. The van der Waals surface area contributed by atoms with Crippen LogP contribution in [0.25, 0.3) is 0 Å². The Balaban J connectivity index is 2.40. The standard InChI is InChI=1S/C14H29N3O2/c1-5-6-15-12(13(18)19)11-16-7-9-17(10-8-16)14(2,3)4/h12,15H,5-11H2,1-4H3,(H,18,19). The maximum Gasteiger partial charge on any atom is 0.322 e. The third-order valence-electron chi connectivity index (χ3n) is 3.70. The van der Waals surface area contributed by atoms with Gasteiger partial charge in [-0.2, -0.15) is 0 Å². The van der Waals surface area contributed by atoms with E-state index >= 15 is 0 Å². The summed E-state index contributed by atoms with van der Waals surface area (Å²) in [6.07, 6.45) is 0.960. The Labute approximate surface area is 117 Å². The second-order valence-electron chi connectivity index (χ2n) is 6.30. The summed E-state index contributed by atoms with van der Waals surface area (Å²) >= 11 is 0. The van der Waals surface area contributed by atoms with Crippen LogP contribution in [0.3, 0.4) is 0 Å². The summed E-state index contributed by atoms with van der Waals surface area (Å²) in [5.74, 6) is -0.744. The van der Waals surface area contributed by atoms with Crippen molar-refractivity contribution in [3.8, 4) is 0 Å². The molecule has 0 aliphatic carbocycles. The number of hydrogen-bond acceptors (Lipinski definition) is 4. The number of piperazine rings is 1. The van der Waals surface area contributed by atoms with Crippen LogP contribution in [0.4, 0.5) is 0 Å². The van der Waals surface area contributed by atoms with Crippen LogP contribution in [0.15, 0.2) is 0 Å². The molecule has 1 atom stereocenters. The van der Waals surface area contributed by atoms with E-state index in [0.717, 1.165) is 39.1 Å². The molecule has 0 spiro atoms. The normalized spacial score (nSPS) is 20.4. The lowest BCUT2D eigenvalue weighted by molar-refractivity contribution is -0.140. The molecule has 1 saturated heterocycles. The van der Waals surface area contributed by atoms with Crippen molar-refractivity contribution in [2.24, 2.45) is 0 Å². The van der Waals surface area contributed by atoms with Crippen LogP contribution in [0, 0.1) is 0 Å². The molecule has 19 heavy (non-hydrogen) atoms. The molecule has 1 unspecified atom stereocenters. The SMILES string of the molecule is CCCNC(CN1CCN(C(C)(C)C)CC1)C(=O)O. The predicted octanol–water partition coefficient (Wildman–Crippen LogP) is 0.855. The summed E-state index contributed by atoms with van der Waals surface area (Å²) in [5, 5.41) is 12.3. The van der Waals surface area contributed by atoms with Crippen molar-refractivity contribution in [3.05, 3.63) is 0 Å². The van der Waals surface area contributed by atoms with Gasteiger partial charge in [0, 0.05) is 38.3 Å². The van der Waals surface area contributed by atoms with E-state index in [1.54, 1.807) is 0 Å². The highest BCUT2D eigenvalue weighted by molar-refractivity contribution is 5.73. The molecule has 1 heterocycles. The van der Waals surface area contributed by atoms with Crippen LogP contribution in [0.5, 0.6) is 0 Å². The smallest absolute Gasteiger partial charge is 0.322 e. The van der Waals surface area contributed by atoms with Gasteiger partial charge in [0.1, 0.15) is 6.04 Å². The fourth-order valence-electron chi connectivity index (χ4n) is 2.41. The molecule has 112 valence electrons. The summed E-state index contributed by atoms with van der Waals surface area (Å²) in [6, 6.07) is -0.443. The van der Waals surface area contributed by atoms with Gasteiger partial charge >= 0.3 is 5.97 Å². The molecule has 2 N–H and O–H groups in total. The largest absolute Gasteiger partial charge is 0.480 e. The maximum absolute atomic E-state index is 11.2. The Morgan fingerprint density at radius 1 is 1.26 bits per heavy atom. The summed E-state index contributed by atoms with van der Waals surface area (Å²) < 4.78 is 0. The first-order valence-electron chi connectivity index (χ1n) is 7.28. The molecular formula is C14H29N3O2. The zero-order chi connectivity index (χ0) is 14.5. The number of carbonyl (C=O) groups is 1. The van der Waals surface area contributed by atoms with Crippen LogP contribution >= 0.6 is 0 Å². The van der Waals surface area contributed by atoms with E-state index in [4.69, 9.17) is 0 Å². The van der Waals surface area contributed by atoms with Gasteiger partial charge in [0.25, 0.3) is 0 Å². The Bertz CT molecular complexity index is 281. The fraction of sp³-hybridized carbons (Fsp3) is 0.929. The summed E-state index contributed by atoms with van der Waals surface area (Å²) in [4.78, 5) is 15.9. The maximum atomic E-state index is 11.2. The van der Waals surface area contributed by atoms with E-state index in [9.17, 15) is 9.90 Å². The van der Waals surface area contributed by atoms with E-state index in [1.807, 2.05) is 6.92 Å². The number of rotatable bonds is 6. The first-order valence-corrected chi connectivity index (χ1v) is 7.28. The Morgan fingerprint density at radius 2 is 1.84 bits per heavy atom. The first kappa shape index (κ1) is 16.4. The molecule has 0 aromatic rings. The van der Waals surface area contributed by atoms with E-state index in [2.05, 4.69) is 35.9 Å². The Kier molecular flexibility index (Phi) is 6.23. The van der Waals surface area contributed by atoms with Gasteiger partial charge in [0.05, 0.1) is 0 Å². The van der Waals surface area contributed by atoms with Gasteiger partial charge in [-0.15, -0.1) is 0 Å². The summed E-state index contributed by atoms with van der Waals surface area (Å²) in [7, 11) is 0. The Morgan fingerprint density at radius 3 is 2.26 bits per heavy atom. The molecule has 0 aromatic carbocycles. The molecule has 5 heteroatoms. The van der Waals surface area contributed by atoms with Crippen LogP contribution in [-0.2, 0) is 4.79 Å². The lowest BCUT2D eigenvalue weighted by Gasteiger charge is -2.42. The minimum absolute atomic E-state index is 0.207. The highest BCUT2D eigenvalue weighted by Crippen LogP contribution is 2.15. The van der Waals surface area contributed by atoms with Crippen molar-refractivity contribution in [2.45, 2.75) is 45.7 Å². The second-order valence-corrected chi connectivity index (χ2v) is 6.30. The number of carboxylic acids is 1. The third kappa shape index (κ3) is 5.47. The van der Waals surface area contributed by atoms with E-state index < -0.39 is 12.0 Å². The molecule has 5 nitrogen and oxygen atoms in total. The second kappa shape index (κ2) is 7.22. The van der Waals surface area contributed by atoms with E-state index in [0.29, 0.717) is 6.54 Å². The van der Waals surface area contributed by atoms with Crippen molar-refractivity contribution >= 4 is 5.97 Å². The monoisotopic (exact) mass is 271 g/mol. The van der Waals surface area contributed by atoms with Gasteiger partial charge < -0.3 is 10.4 Å². The molecule has 0 bridgehead atoms. The molecule has 1 rings (SSSR count). The van der Waals surface area contributed by atoms with Crippen LogP contribution in [0.2, 0.25) is 0 Å². The molecule has 1 fully saturated rings. The lowest BCUT2D eigenvalue weighted by atomic mass is 10.0. The van der Waals surface area contributed by atoms with Gasteiger partial charge in [0.15, 0.2) is 0 Å². The molecule has 0 saturated carbocycles.